The Balaban J connectivity index is 2.24. The van der Waals surface area contributed by atoms with Crippen LogP contribution in [0.4, 0.5) is 0 Å². The Hall–Kier alpha value is -1.87. The number of hydrogen-bond acceptors (Lipinski definition) is 2. The number of nitrogens with one attached hydrogen (secondary N) is 1. The second-order valence-electron chi connectivity index (χ2n) is 5.41. The van der Waals surface area contributed by atoms with Gasteiger partial charge in [-0.1, -0.05) is 42.5 Å². The molecule has 1 N–H and O–H groups in total. The molecule has 3 nitrogen and oxygen atoms in total. The fourth-order valence-corrected chi connectivity index (χ4v) is 2.55. The van der Waals surface area contributed by atoms with Crippen LogP contribution >= 0.6 is 0 Å². The van der Waals surface area contributed by atoms with Gasteiger partial charge in [0.1, 0.15) is 0 Å². The van der Waals surface area contributed by atoms with Gasteiger partial charge in [-0.3, -0.25) is 10.1 Å². The van der Waals surface area contributed by atoms with Crippen LogP contribution in [0.25, 0.3) is 10.8 Å². The van der Waals surface area contributed by atoms with Gasteiger partial charge in [-0.05, 0) is 30.2 Å². The molecule has 3 heteroatoms. The summed E-state index contributed by atoms with van der Waals surface area (Å²) in [5.41, 5.74) is 1.22. The third kappa shape index (κ3) is 2.99. The fraction of sp³-hybridized carbons (Fsp3) is 0.353. The van der Waals surface area contributed by atoms with Crippen LogP contribution in [0.2, 0.25) is 0 Å². The molecule has 0 aliphatic heterocycles. The molecule has 0 heterocycles. The second kappa shape index (κ2) is 6.06. The molecule has 1 amide bonds. The summed E-state index contributed by atoms with van der Waals surface area (Å²) in [5, 5.41) is 5.84. The lowest BCUT2D eigenvalue weighted by atomic mass is 9.99. The van der Waals surface area contributed by atoms with Gasteiger partial charge in [0.2, 0.25) is 5.91 Å². The zero-order chi connectivity index (χ0) is 14.7. The largest absolute Gasteiger partial charge is 0.347 e. The predicted molar refractivity (Wildman–Crippen MR) is 83.7 cm³/mol. The summed E-state index contributed by atoms with van der Waals surface area (Å²) < 4.78 is 0. The summed E-state index contributed by atoms with van der Waals surface area (Å²) in [5.74, 6) is 0.0945. The van der Waals surface area contributed by atoms with Crippen molar-refractivity contribution >= 4 is 16.7 Å². The summed E-state index contributed by atoms with van der Waals surface area (Å²) in [4.78, 5) is 13.6. The van der Waals surface area contributed by atoms with E-state index in [-0.39, 0.29) is 18.0 Å². The highest BCUT2D eigenvalue weighted by atomic mass is 16.2. The first-order chi connectivity index (χ1) is 9.50. The van der Waals surface area contributed by atoms with E-state index in [1.165, 1.54) is 16.3 Å². The van der Waals surface area contributed by atoms with Gasteiger partial charge < -0.3 is 4.90 Å². The van der Waals surface area contributed by atoms with E-state index in [4.69, 9.17) is 0 Å². The van der Waals surface area contributed by atoms with Gasteiger partial charge in [0.25, 0.3) is 0 Å². The van der Waals surface area contributed by atoms with Gasteiger partial charge >= 0.3 is 0 Å². The third-order valence-electron chi connectivity index (χ3n) is 3.60. The van der Waals surface area contributed by atoms with Crippen molar-refractivity contribution in [1.29, 1.82) is 0 Å². The Morgan fingerprint density at radius 3 is 2.40 bits per heavy atom. The molecule has 0 saturated carbocycles. The number of carbonyl (C=O) groups is 1. The maximum absolute atomic E-state index is 11.9. The number of nitrogens with zero attached hydrogens (tertiary/aromatic N) is 1. The van der Waals surface area contributed by atoms with Gasteiger partial charge in [0.05, 0.1) is 6.04 Å². The predicted octanol–water partition coefficient (Wildman–Crippen LogP) is 2.97. The summed E-state index contributed by atoms with van der Waals surface area (Å²) in [6.45, 7) is 4.01. The van der Waals surface area contributed by atoms with Crippen LogP contribution in [-0.2, 0) is 4.79 Å². The number of amides is 1. The van der Waals surface area contributed by atoms with E-state index in [1.807, 2.05) is 19.1 Å². The molecular formula is C17H22N2O. The second-order valence-corrected chi connectivity index (χ2v) is 5.41. The van der Waals surface area contributed by atoms with Crippen molar-refractivity contribution in [1.82, 2.24) is 10.2 Å². The smallest absolute Gasteiger partial charge is 0.238 e. The molecule has 0 aliphatic rings. The van der Waals surface area contributed by atoms with Crippen LogP contribution in [0, 0.1) is 0 Å². The summed E-state index contributed by atoms with van der Waals surface area (Å²) in [6.07, 6.45) is 0. The van der Waals surface area contributed by atoms with Gasteiger partial charge in [0, 0.05) is 20.1 Å². The number of hydrogen-bond donors (Lipinski definition) is 1. The zero-order valence-electron chi connectivity index (χ0n) is 12.6. The molecule has 0 spiro atoms. The molecule has 2 atom stereocenters. The van der Waals surface area contributed by atoms with Gasteiger partial charge in [-0.2, -0.15) is 0 Å². The van der Waals surface area contributed by atoms with E-state index in [0.717, 1.165) is 0 Å². The fourth-order valence-electron chi connectivity index (χ4n) is 2.55. The molecule has 0 aliphatic carbocycles. The standard InChI is InChI=1S/C17H22N2O/c1-12(18-13(2)17(20)19(3)4)15-11-7-9-14-8-5-6-10-16(14)15/h5-13,18H,1-4H3. The highest BCUT2D eigenvalue weighted by Crippen LogP contribution is 2.24. The lowest BCUT2D eigenvalue weighted by Crippen LogP contribution is -2.42. The first kappa shape index (κ1) is 14.5. The third-order valence-corrected chi connectivity index (χ3v) is 3.60. The minimum atomic E-state index is -0.195. The lowest BCUT2D eigenvalue weighted by Gasteiger charge is -2.23. The van der Waals surface area contributed by atoms with Crippen molar-refractivity contribution in [3.63, 3.8) is 0 Å². The van der Waals surface area contributed by atoms with Crippen molar-refractivity contribution in [2.45, 2.75) is 25.9 Å². The van der Waals surface area contributed by atoms with Crippen LogP contribution < -0.4 is 5.32 Å². The molecule has 2 aromatic carbocycles. The van der Waals surface area contributed by atoms with Gasteiger partial charge in [-0.25, -0.2) is 0 Å². The van der Waals surface area contributed by atoms with E-state index < -0.39 is 0 Å². The van der Waals surface area contributed by atoms with E-state index >= 15 is 0 Å². The highest BCUT2D eigenvalue weighted by Gasteiger charge is 2.18. The van der Waals surface area contributed by atoms with Crippen LogP contribution in [0.5, 0.6) is 0 Å². The summed E-state index contributed by atoms with van der Waals surface area (Å²) in [7, 11) is 3.56. The molecule has 0 saturated heterocycles. The topological polar surface area (TPSA) is 32.3 Å². The van der Waals surface area contributed by atoms with Gasteiger partial charge in [-0.15, -0.1) is 0 Å². The quantitative estimate of drug-likeness (QED) is 0.926. The van der Waals surface area contributed by atoms with Crippen LogP contribution in [0.15, 0.2) is 42.5 Å². The van der Waals surface area contributed by atoms with Crippen molar-refractivity contribution in [2.75, 3.05) is 14.1 Å². The Labute approximate surface area is 120 Å². The monoisotopic (exact) mass is 270 g/mol. The maximum atomic E-state index is 11.9. The average Bonchev–Trinajstić information content (AvgIpc) is 2.45. The van der Waals surface area contributed by atoms with E-state index in [0.29, 0.717) is 0 Å². The molecule has 0 fully saturated rings. The molecule has 2 rings (SSSR count). The van der Waals surface area contributed by atoms with Gasteiger partial charge in [0.15, 0.2) is 0 Å². The normalized spacial score (nSPS) is 14.0. The first-order valence-corrected chi connectivity index (χ1v) is 6.95. The highest BCUT2D eigenvalue weighted by molar-refractivity contribution is 5.86. The van der Waals surface area contributed by atoms with Crippen LogP contribution in [-0.4, -0.2) is 30.9 Å². The van der Waals surface area contributed by atoms with Crippen molar-refractivity contribution < 1.29 is 4.79 Å². The molecule has 0 aromatic heterocycles. The average molecular weight is 270 g/mol. The number of fused-ring (bicyclic) bond motifs is 1. The van der Waals surface area contributed by atoms with Crippen LogP contribution in [0.1, 0.15) is 25.5 Å². The van der Waals surface area contributed by atoms with Crippen LogP contribution in [0.3, 0.4) is 0 Å². The number of benzene rings is 2. The lowest BCUT2D eigenvalue weighted by molar-refractivity contribution is -0.130. The molecule has 0 radical (unpaired) electrons. The van der Waals surface area contributed by atoms with E-state index in [2.05, 4.69) is 42.6 Å². The number of rotatable bonds is 4. The number of likely N-dealkylation sites (N-methyl/N-ethyl adjacent to an activating group) is 1. The first-order valence-electron chi connectivity index (χ1n) is 6.95. The Kier molecular flexibility index (Phi) is 4.40. The summed E-state index contributed by atoms with van der Waals surface area (Å²) in [6, 6.07) is 14.6. The van der Waals surface area contributed by atoms with E-state index in [9.17, 15) is 4.79 Å². The van der Waals surface area contributed by atoms with Crippen molar-refractivity contribution in [3.05, 3.63) is 48.0 Å². The molecule has 20 heavy (non-hydrogen) atoms. The molecule has 2 aromatic rings. The Bertz CT molecular complexity index is 601. The summed E-state index contributed by atoms with van der Waals surface area (Å²) >= 11 is 0. The minimum Gasteiger partial charge on any atom is -0.347 e. The number of carbonyl (C=O) groups excluding carboxylic acids is 1. The van der Waals surface area contributed by atoms with E-state index in [1.54, 1.807) is 19.0 Å². The van der Waals surface area contributed by atoms with Crippen molar-refractivity contribution in [3.8, 4) is 0 Å². The molecular weight excluding hydrogens is 248 g/mol. The minimum absolute atomic E-state index is 0.0945. The SMILES string of the molecule is CC(NC(C)c1cccc2ccccc12)C(=O)N(C)C. The molecule has 0 bridgehead atoms. The van der Waals surface area contributed by atoms with Crippen molar-refractivity contribution in [2.24, 2.45) is 0 Å². The molecule has 106 valence electrons. The Morgan fingerprint density at radius 1 is 1.05 bits per heavy atom. The Morgan fingerprint density at radius 2 is 1.70 bits per heavy atom. The maximum Gasteiger partial charge on any atom is 0.238 e. The zero-order valence-corrected chi connectivity index (χ0v) is 12.6. The molecule has 2 unspecified atom stereocenters.